The number of benzene rings is 4. The van der Waals surface area contributed by atoms with Crippen LogP contribution in [0, 0.1) is 27.7 Å². The van der Waals surface area contributed by atoms with E-state index in [9.17, 15) is 0 Å². The lowest BCUT2D eigenvalue weighted by Crippen LogP contribution is -2.16. The zero-order valence-electron chi connectivity index (χ0n) is 23.1. The molecular weight excluding hydrogens is 492 g/mol. The molecule has 0 spiro atoms. The van der Waals surface area contributed by atoms with Crippen molar-refractivity contribution in [2.45, 2.75) is 27.7 Å². The third-order valence-electron chi connectivity index (χ3n) is 6.73. The van der Waals surface area contributed by atoms with Gasteiger partial charge < -0.3 is 0 Å². The first-order valence-corrected chi connectivity index (χ1v) is 13.3. The van der Waals surface area contributed by atoms with Gasteiger partial charge in [0.05, 0.1) is 11.4 Å². The minimum atomic E-state index is 0.638. The second-order valence-corrected chi connectivity index (χ2v) is 9.89. The molecule has 6 aromatic rings. The van der Waals surface area contributed by atoms with Gasteiger partial charge in [0.15, 0.2) is 0 Å². The first-order valence-electron chi connectivity index (χ1n) is 13.3. The van der Waals surface area contributed by atoms with Crippen LogP contribution in [0.15, 0.2) is 109 Å². The number of aryl methyl sites for hydroxylation is 4. The molecule has 6 nitrogen and oxygen atoms in total. The van der Waals surface area contributed by atoms with E-state index >= 15 is 0 Å². The van der Waals surface area contributed by atoms with Crippen LogP contribution < -0.4 is 9.80 Å². The van der Waals surface area contributed by atoms with Crippen molar-refractivity contribution in [3.8, 4) is 0 Å². The molecule has 0 aliphatic heterocycles. The summed E-state index contributed by atoms with van der Waals surface area (Å²) in [5.41, 5.74) is 7.65. The molecule has 0 fully saturated rings. The SMILES string of the molecule is Cc1cc(C)nc(N(c2ccccc2)c2cccc3c(N(c4ccccc4)c4nc(C)cc(C)n4)cccc23)n1. The summed E-state index contributed by atoms with van der Waals surface area (Å²) < 4.78 is 0. The monoisotopic (exact) mass is 522 g/mol. The van der Waals surface area contributed by atoms with E-state index in [4.69, 9.17) is 19.9 Å². The lowest BCUT2D eigenvalue weighted by atomic mass is 10.0. The van der Waals surface area contributed by atoms with E-state index in [2.05, 4.69) is 70.5 Å². The number of hydrogen-bond donors (Lipinski definition) is 0. The summed E-state index contributed by atoms with van der Waals surface area (Å²) in [4.78, 5) is 23.7. The summed E-state index contributed by atoms with van der Waals surface area (Å²) in [6.45, 7) is 8.02. The summed E-state index contributed by atoms with van der Waals surface area (Å²) in [5, 5.41) is 2.13. The van der Waals surface area contributed by atoms with Crippen molar-refractivity contribution in [2.24, 2.45) is 0 Å². The average Bonchev–Trinajstić information content (AvgIpc) is 2.94. The first kappa shape index (κ1) is 25.2. The predicted octanol–water partition coefficient (Wildman–Crippen LogP) is 8.59. The fraction of sp³-hybridized carbons (Fsp3) is 0.118. The van der Waals surface area contributed by atoms with Crippen LogP contribution in [0.3, 0.4) is 0 Å². The molecule has 0 bridgehead atoms. The van der Waals surface area contributed by atoms with Crippen molar-refractivity contribution in [1.82, 2.24) is 19.9 Å². The van der Waals surface area contributed by atoms with Crippen LogP contribution in [0.1, 0.15) is 22.8 Å². The van der Waals surface area contributed by atoms with E-state index in [1.807, 2.05) is 76.2 Å². The fourth-order valence-corrected chi connectivity index (χ4v) is 5.16. The van der Waals surface area contributed by atoms with Gasteiger partial charge in [-0.15, -0.1) is 0 Å². The molecule has 6 rings (SSSR count). The Morgan fingerprint density at radius 1 is 0.400 bits per heavy atom. The normalized spacial score (nSPS) is 11.0. The molecule has 196 valence electrons. The second kappa shape index (κ2) is 10.6. The molecule has 0 N–H and O–H groups in total. The van der Waals surface area contributed by atoms with Gasteiger partial charge in [0.2, 0.25) is 11.9 Å². The van der Waals surface area contributed by atoms with Crippen molar-refractivity contribution >= 4 is 45.4 Å². The minimum Gasteiger partial charge on any atom is -0.279 e. The maximum Gasteiger partial charge on any atom is 0.235 e. The van der Waals surface area contributed by atoms with Gasteiger partial charge in [0, 0.05) is 44.9 Å². The number of nitrogens with zero attached hydrogens (tertiary/aromatic N) is 6. The van der Waals surface area contributed by atoms with Gasteiger partial charge in [-0.25, -0.2) is 19.9 Å². The Morgan fingerprint density at radius 3 is 1.10 bits per heavy atom. The van der Waals surface area contributed by atoms with Crippen LogP contribution in [0.4, 0.5) is 34.6 Å². The number of rotatable bonds is 6. The first-order chi connectivity index (χ1) is 19.5. The highest BCUT2D eigenvalue weighted by Gasteiger charge is 2.22. The molecule has 0 aliphatic carbocycles. The van der Waals surface area contributed by atoms with Crippen LogP contribution in [-0.2, 0) is 0 Å². The Kier molecular flexibility index (Phi) is 6.66. The standard InChI is InChI=1S/C34H30N6/c1-23-21-24(2)36-33(35-23)39(27-13-7-5-8-14-27)31-19-11-18-30-29(31)17-12-20-32(30)40(28-15-9-6-10-16-28)34-37-25(3)22-26(4)38-34/h5-22H,1-4H3. The van der Waals surface area contributed by atoms with E-state index in [0.717, 1.165) is 56.3 Å². The number of para-hydroxylation sites is 2. The Balaban J connectivity index is 1.62. The summed E-state index contributed by atoms with van der Waals surface area (Å²) >= 11 is 0. The Bertz CT molecular complexity index is 1630. The van der Waals surface area contributed by atoms with E-state index in [1.54, 1.807) is 0 Å². The zero-order valence-corrected chi connectivity index (χ0v) is 23.1. The molecule has 0 radical (unpaired) electrons. The van der Waals surface area contributed by atoms with Crippen LogP contribution in [0.2, 0.25) is 0 Å². The van der Waals surface area contributed by atoms with Gasteiger partial charge in [-0.3, -0.25) is 9.80 Å². The zero-order chi connectivity index (χ0) is 27.6. The molecule has 0 unspecified atom stereocenters. The molecule has 0 atom stereocenters. The molecule has 6 heteroatoms. The highest BCUT2D eigenvalue weighted by Crippen LogP contribution is 2.42. The van der Waals surface area contributed by atoms with Crippen LogP contribution >= 0.6 is 0 Å². The van der Waals surface area contributed by atoms with Crippen molar-refractivity contribution in [3.63, 3.8) is 0 Å². The molecule has 4 aromatic carbocycles. The average molecular weight is 523 g/mol. The van der Waals surface area contributed by atoms with Crippen LogP contribution in [0.25, 0.3) is 10.8 Å². The lowest BCUT2D eigenvalue weighted by Gasteiger charge is -2.28. The summed E-state index contributed by atoms with van der Waals surface area (Å²) in [6, 6.07) is 37.3. The number of aromatic nitrogens is 4. The second-order valence-electron chi connectivity index (χ2n) is 9.89. The van der Waals surface area contributed by atoms with Gasteiger partial charge in [-0.2, -0.15) is 0 Å². The van der Waals surface area contributed by atoms with Crippen molar-refractivity contribution in [2.75, 3.05) is 9.80 Å². The Morgan fingerprint density at radius 2 is 0.750 bits per heavy atom. The van der Waals surface area contributed by atoms with Crippen molar-refractivity contribution in [1.29, 1.82) is 0 Å². The molecule has 0 amide bonds. The van der Waals surface area contributed by atoms with Gasteiger partial charge in [0.25, 0.3) is 0 Å². The topological polar surface area (TPSA) is 58.0 Å². The molecule has 40 heavy (non-hydrogen) atoms. The number of hydrogen-bond acceptors (Lipinski definition) is 6. The smallest absolute Gasteiger partial charge is 0.235 e. The van der Waals surface area contributed by atoms with E-state index in [-0.39, 0.29) is 0 Å². The molecule has 0 saturated carbocycles. The predicted molar refractivity (Wildman–Crippen MR) is 163 cm³/mol. The summed E-state index contributed by atoms with van der Waals surface area (Å²) in [6.07, 6.45) is 0. The van der Waals surface area contributed by atoms with Crippen molar-refractivity contribution in [3.05, 3.63) is 132 Å². The largest absolute Gasteiger partial charge is 0.279 e. The van der Waals surface area contributed by atoms with Gasteiger partial charge >= 0.3 is 0 Å². The van der Waals surface area contributed by atoms with Gasteiger partial charge in [-0.1, -0.05) is 60.7 Å². The summed E-state index contributed by atoms with van der Waals surface area (Å²) in [5.74, 6) is 1.28. The molecule has 2 heterocycles. The molecule has 0 saturated heterocycles. The minimum absolute atomic E-state index is 0.638. The van der Waals surface area contributed by atoms with Crippen molar-refractivity contribution < 1.29 is 0 Å². The quantitative estimate of drug-likeness (QED) is 0.218. The number of fused-ring (bicyclic) bond motifs is 1. The fourth-order valence-electron chi connectivity index (χ4n) is 5.16. The van der Waals surface area contributed by atoms with Crippen LogP contribution in [-0.4, -0.2) is 19.9 Å². The Hall–Kier alpha value is -5.10. The molecule has 2 aromatic heterocycles. The highest BCUT2D eigenvalue weighted by molar-refractivity contribution is 6.06. The van der Waals surface area contributed by atoms with Gasteiger partial charge in [0.1, 0.15) is 0 Å². The lowest BCUT2D eigenvalue weighted by molar-refractivity contribution is 1.01. The molecule has 0 aliphatic rings. The highest BCUT2D eigenvalue weighted by atomic mass is 15.3. The number of anilines is 6. The molecular formula is C34H30N6. The maximum atomic E-state index is 4.85. The third-order valence-corrected chi connectivity index (χ3v) is 6.73. The van der Waals surface area contributed by atoms with Gasteiger partial charge in [-0.05, 0) is 76.2 Å². The van der Waals surface area contributed by atoms with Crippen LogP contribution in [0.5, 0.6) is 0 Å². The maximum absolute atomic E-state index is 4.85. The van der Waals surface area contributed by atoms with E-state index in [1.165, 1.54) is 0 Å². The van der Waals surface area contributed by atoms with E-state index in [0.29, 0.717) is 11.9 Å². The Labute approximate surface area is 234 Å². The third kappa shape index (κ3) is 4.87. The summed E-state index contributed by atoms with van der Waals surface area (Å²) in [7, 11) is 0. The van der Waals surface area contributed by atoms with E-state index < -0.39 is 0 Å².